The van der Waals surface area contributed by atoms with Crippen LogP contribution < -0.4 is 11.3 Å². The number of allylic oxidation sites excluding steroid dienone is 1. The third kappa shape index (κ3) is 1.92. The number of aromatic hydroxyl groups is 1. The van der Waals surface area contributed by atoms with Gasteiger partial charge < -0.3 is 5.11 Å². The Morgan fingerprint density at radius 2 is 2.36 bits per heavy atom. The monoisotopic (exact) mass is 192 g/mol. The van der Waals surface area contributed by atoms with Crippen LogP contribution in [0.4, 0.5) is 0 Å². The van der Waals surface area contributed by atoms with Crippen molar-refractivity contribution in [3.8, 4) is 5.75 Å². The maximum absolute atomic E-state index is 11.2. The molecule has 0 aromatic heterocycles. The molecule has 0 aliphatic carbocycles. The van der Waals surface area contributed by atoms with Gasteiger partial charge in [0, 0.05) is 0 Å². The van der Waals surface area contributed by atoms with Crippen molar-refractivity contribution in [3.05, 3.63) is 42.0 Å². The number of hydrogen-bond donors (Lipinski definition) is 3. The molecule has 1 amide bonds. The molecule has 0 unspecified atom stereocenters. The van der Waals surface area contributed by atoms with Crippen LogP contribution in [0.1, 0.15) is 15.9 Å². The van der Waals surface area contributed by atoms with Gasteiger partial charge in [0.05, 0.1) is 5.56 Å². The number of carbonyl (C=O) groups excluding carboxylic acids is 1. The van der Waals surface area contributed by atoms with Gasteiger partial charge in [0.1, 0.15) is 5.75 Å². The average molecular weight is 192 g/mol. The second-order valence-corrected chi connectivity index (χ2v) is 2.78. The van der Waals surface area contributed by atoms with Crippen LogP contribution in [0.15, 0.2) is 30.9 Å². The second kappa shape index (κ2) is 4.43. The topological polar surface area (TPSA) is 75.4 Å². The van der Waals surface area contributed by atoms with Crippen LogP contribution in [-0.4, -0.2) is 11.0 Å². The summed E-state index contributed by atoms with van der Waals surface area (Å²) < 4.78 is 0. The van der Waals surface area contributed by atoms with Gasteiger partial charge in [0.15, 0.2) is 0 Å². The Morgan fingerprint density at radius 1 is 1.64 bits per heavy atom. The molecule has 0 bridgehead atoms. The molecule has 0 atom stereocenters. The highest BCUT2D eigenvalue weighted by molar-refractivity contribution is 5.96. The van der Waals surface area contributed by atoms with E-state index in [0.29, 0.717) is 12.0 Å². The molecule has 0 aliphatic heterocycles. The Kier molecular flexibility index (Phi) is 3.25. The number of para-hydroxylation sites is 1. The fourth-order valence-electron chi connectivity index (χ4n) is 1.17. The molecule has 14 heavy (non-hydrogen) atoms. The van der Waals surface area contributed by atoms with E-state index in [1.165, 1.54) is 6.07 Å². The molecule has 74 valence electrons. The van der Waals surface area contributed by atoms with E-state index in [1.807, 2.05) is 5.43 Å². The molecule has 0 fully saturated rings. The van der Waals surface area contributed by atoms with Crippen molar-refractivity contribution in [3.63, 3.8) is 0 Å². The predicted molar refractivity (Wildman–Crippen MR) is 53.7 cm³/mol. The van der Waals surface area contributed by atoms with Gasteiger partial charge in [-0.25, -0.2) is 5.84 Å². The molecule has 0 spiro atoms. The van der Waals surface area contributed by atoms with Crippen LogP contribution >= 0.6 is 0 Å². The summed E-state index contributed by atoms with van der Waals surface area (Å²) >= 11 is 0. The third-order valence-electron chi connectivity index (χ3n) is 1.86. The Morgan fingerprint density at radius 3 is 2.93 bits per heavy atom. The minimum absolute atomic E-state index is 0.0460. The average Bonchev–Trinajstić information content (AvgIpc) is 2.20. The van der Waals surface area contributed by atoms with Gasteiger partial charge in [-0.15, -0.1) is 6.58 Å². The Labute approximate surface area is 82.0 Å². The Bertz CT molecular complexity index is 361. The van der Waals surface area contributed by atoms with Gasteiger partial charge in [-0.05, 0) is 18.1 Å². The standard InChI is InChI=1S/C10H12N2O2/c1-2-4-7-5-3-6-8(9(7)13)10(14)12-11/h2-3,5-6,13H,1,4,11H2,(H,12,14). The molecular weight excluding hydrogens is 180 g/mol. The molecule has 1 aromatic carbocycles. The van der Waals surface area contributed by atoms with Crippen LogP contribution in [0.2, 0.25) is 0 Å². The van der Waals surface area contributed by atoms with Crippen molar-refractivity contribution in [1.82, 2.24) is 5.43 Å². The fraction of sp³-hybridized carbons (Fsp3) is 0.100. The summed E-state index contributed by atoms with van der Waals surface area (Å²) in [5.74, 6) is 4.41. The van der Waals surface area contributed by atoms with Crippen molar-refractivity contribution in [1.29, 1.82) is 0 Å². The molecular formula is C10H12N2O2. The molecule has 4 nitrogen and oxygen atoms in total. The van der Waals surface area contributed by atoms with Crippen molar-refractivity contribution in [2.24, 2.45) is 5.84 Å². The number of benzene rings is 1. The van der Waals surface area contributed by atoms with Crippen LogP contribution in [0.3, 0.4) is 0 Å². The zero-order chi connectivity index (χ0) is 10.6. The van der Waals surface area contributed by atoms with E-state index >= 15 is 0 Å². The lowest BCUT2D eigenvalue weighted by Crippen LogP contribution is -2.30. The van der Waals surface area contributed by atoms with E-state index in [4.69, 9.17) is 5.84 Å². The molecule has 0 radical (unpaired) electrons. The van der Waals surface area contributed by atoms with E-state index in [9.17, 15) is 9.90 Å². The van der Waals surface area contributed by atoms with Crippen LogP contribution in [0.5, 0.6) is 5.75 Å². The van der Waals surface area contributed by atoms with Crippen LogP contribution in [0.25, 0.3) is 0 Å². The maximum Gasteiger partial charge on any atom is 0.268 e. The Hall–Kier alpha value is -1.81. The number of nitrogen functional groups attached to an aromatic ring is 1. The molecule has 0 saturated carbocycles. The van der Waals surface area contributed by atoms with E-state index in [0.717, 1.165) is 0 Å². The van der Waals surface area contributed by atoms with Crippen molar-refractivity contribution >= 4 is 5.91 Å². The van der Waals surface area contributed by atoms with Crippen molar-refractivity contribution < 1.29 is 9.90 Å². The minimum Gasteiger partial charge on any atom is -0.507 e. The molecule has 4 N–H and O–H groups in total. The summed E-state index contributed by atoms with van der Waals surface area (Å²) in [5.41, 5.74) is 2.79. The SMILES string of the molecule is C=CCc1cccc(C(=O)NN)c1O. The lowest BCUT2D eigenvalue weighted by Gasteiger charge is -2.06. The molecule has 1 aromatic rings. The summed E-state index contributed by atoms with van der Waals surface area (Å²) in [4.78, 5) is 11.2. The maximum atomic E-state index is 11.2. The summed E-state index contributed by atoms with van der Waals surface area (Å²) in [6.07, 6.45) is 2.16. The number of hydrogen-bond acceptors (Lipinski definition) is 3. The first-order valence-corrected chi connectivity index (χ1v) is 4.13. The highest BCUT2D eigenvalue weighted by Gasteiger charge is 2.11. The number of hydrazine groups is 1. The lowest BCUT2D eigenvalue weighted by molar-refractivity contribution is 0.0951. The molecule has 0 heterocycles. The van der Waals surface area contributed by atoms with Gasteiger partial charge in [-0.2, -0.15) is 0 Å². The first-order valence-electron chi connectivity index (χ1n) is 4.13. The van der Waals surface area contributed by atoms with E-state index in [-0.39, 0.29) is 11.3 Å². The largest absolute Gasteiger partial charge is 0.507 e. The third-order valence-corrected chi connectivity index (χ3v) is 1.86. The van der Waals surface area contributed by atoms with Gasteiger partial charge >= 0.3 is 0 Å². The zero-order valence-electron chi connectivity index (χ0n) is 7.66. The second-order valence-electron chi connectivity index (χ2n) is 2.78. The molecule has 0 saturated heterocycles. The first-order chi connectivity index (χ1) is 6.70. The van der Waals surface area contributed by atoms with Crippen LogP contribution in [0, 0.1) is 0 Å². The lowest BCUT2D eigenvalue weighted by atomic mass is 10.1. The van der Waals surface area contributed by atoms with Gasteiger partial charge in [-0.3, -0.25) is 10.2 Å². The molecule has 1 rings (SSSR count). The molecule has 0 aliphatic rings. The first kappa shape index (κ1) is 10.3. The van der Waals surface area contributed by atoms with E-state index < -0.39 is 5.91 Å². The normalized spacial score (nSPS) is 9.50. The van der Waals surface area contributed by atoms with Gasteiger partial charge in [-0.1, -0.05) is 18.2 Å². The number of phenols is 1. The number of phenolic OH excluding ortho intramolecular Hbond substituents is 1. The highest BCUT2D eigenvalue weighted by atomic mass is 16.3. The summed E-state index contributed by atoms with van der Waals surface area (Å²) in [6, 6.07) is 4.91. The van der Waals surface area contributed by atoms with E-state index in [1.54, 1.807) is 18.2 Å². The summed E-state index contributed by atoms with van der Waals surface area (Å²) in [5, 5.41) is 9.66. The van der Waals surface area contributed by atoms with Gasteiger partial charge in [0.2, 0.25) is 0 Å². The van der Waals surface area contributed by atoms with Crippen LogP contribution in [-0.2, 0) is 6.42 Å². The molecule has 4 heteroatoms. The highest BCUT2D eigenvalue weighted by Crippen LogP contribution is 2.22. The number of carbonyl (C=O) groups is 1. The minimum atomic E-state index is -0.506. The van der Waals surface area contributed by atoms with Gasteiger partial charge in [0.25, 0.3) is 5.91 Å². The summed E-state index contributed by atoms with van der Waals surface area (Å²) in [7, 11) is 0. The fourth-order valence-corrected chi connectivity index (χ4v) is 1.17. The summed E-state index contributed by atoms with van der Waals surface area (Å²) in [6.45, 7) is 3.56. The van der Waals surface area contributed by atoms with Crippen molar-refractivity contribution in [2.45, 2.75) is 6.42 Å². The predicted octanol–water partition coefficient (Wildman–Crippen LogP) is 0.724. The number of amides is 1. The number of rotatable bonds is 3. The zero-order valence-corrected chi connectivity index (χ0v) is 7.66. The number of nitrogens with one attached hydrogen (secondary N) is 1. The number of nitrogens with two attached hydrogens (primary N) is 1. The Balaban J connectivity index is 3.13. The van der Waals surface area contributed by atoms with Crippen molar-refractivity contribution in [2.75, 3.05) is 0 Å². The van der Waals surface area contributed by atoms with E-state index in [2.05, 4.69) is 6.58 Å². The quantitative estimate of drug-likeness (QED) is 0.286. The smallest absolute Gasteiger partial charge is 0.268 e.